The van der Waals surface area contributed by atoms with Crippen molar-refractivity contribution in [3.05, 3.63) is 159 Å². The summed E-state index contributed by atoms with van der Waals surface area (Å²) in [4.78, 5) is 59.0. The highest BCUT2D eigenvalue weighted by Crippen LogP contribution is 2.38. The molecule has 2 fully saturated rings. The number of nitrogen functional groups attached to an aromatic ring is 2. The maximum atomic E-state index is 14.8. The van der Waals surface area contributed by atoms with E-state index in [4.69, 9.17) is 31.6 Å². The molecule has 2 aliphatic carbocycles. The molecular formula is C56H50F3N15O2. The van der Waals surface area contributed by atoms with Crippen LogP contribution in [0.5, 0.6) is 0 Å². The van der Waals surface area contributed by atoms with Crippen molar-refractivity contribution >= 4 is 66.4 Å². The molecule has 0 spiro atoms. The number of para-hydroxylation sites is 1. The van der Waals surface area contributed by atoms with Gasteiger partial charge in [-0.05, 0) is 94.5 Å². The Hall–Kier alpha value is -8.94. The minimum absolute atomic E-state index is 0.0140. The van der Waals surface area contributed by atoms with Crippen LogP contribution >= 0.6 is 0 Å². The van der Waals surface area contributed by atoms with Crippen molar-refractivity contribution in [1.82, 2.24) is 63.6 Å². The van der Waals surface area contributed by atoms with E-state index in [9.17, 15) is 22.8 Å². The van der Waals surface area contributed by atoms with Gasteiger partial charge in [0.05, 0.1) is 27.3 Å². The van der Waals surface area contributed by atoms with Crippen molar-refractivity contribution < 1.29 is 13.2 Å². The normalized spacial score (nSPS) is 15.1. The summed E-state index contributed by atoms with van der Waals surface area (Å²) in [6.07, 6.45) is 11.8. The Morgan fingerprint density at radius 2 is 1.03 bits per heavy atom. The second-order valence-electron chi connectivity index (χ2n) is 19.7. The number of rotatable bonds is 8. The molecule has 7 aromatic heterocycles. The molecule has 4 aromatic carbocycles. The van der Waals surface area contributed by atoms with Crippen LogP contribution in [0, 0.1) is 24.4 Å². The average molecular weight is 1020 g/mol. The number of aryl methyl sites for hydroxylation is 1. The van der Waals surface area contributed by atoms with E-state index in [1.54, 1.807) is 68.0 Å². The maximum absolute atomic E-state index is 14.8. The summed E-state index contributed by atoms with van der Waals surface area (Å²) in [6.45, 7) is 5.47. The van der Waals surface area contributed by atoms with E-state index in [1.807, 2.05) is 44.2 Å². The summed E-state index contributed by atoms with van der Waals surface area (Å²) in [7, 11) is 0. The third-order valence-corrected chi connectivity index (χ3v) is 15.0. The standard InChI is InChI=1S/C29H25FN8O.C27H25F2N7O/c1-16(27-35-22-12-6-10-20(30)23(22)29(39)37(27)19-8-3-4-9-19)38-28-24(26(31)33-15-34-28)25(36-38)18-13-17-7-2-5-11-21(17)32-14-18;1-14-10-11-16(12-19(14)29)23-22-24(30)31-13-32-26(22)36(34-23)15(2)25-33-20-9-5-8-18(28)21(20)27(37)35(25)17-6-3-4-7-17/h2,5-7,10-16,19H,3-4,8-9H2,1H3,(H2,31,33,34);5,8-13,15,17H,3-4,6-7H2,1-2H3,(H2,30,31,32). The zero-order valence-electron chi connectivity index (χ0n) is 41.7. The molecule has 11 aromatic rings. The van der Waals surface area contributed by atoms with Gasteiger partial charge in [0.1, 0.15) is 87.6 Å². The van der Waals surface area contributed by atoms with E-state index < -0.39 is 29.3 Å². The van der Waals surface area contributed by atoms with Crippen molar-refractivity contribution in [3.63, 3.8) is 0 Å². The lowest BCUT2D eigenvalue weighted by Gasteiger charge is -2.23. The van der Waals surface area contributed by atoms with Crippen LogP contribution in [0.4, 0.5) is 24.8 Å². The lowest BCUT2D eigenvalue weighted by atomic mass is 10.1. The van der Waals surface area contributed by atoms with Gasteiger partial charge >= 0.3 is 0 Å². The Balaban J connectivity index is 0.000000153. The smallest absolute Gasteiger partial charge is 0.264 e. The summed E-state index contributed by atoms with van der Waals surface area (Å²) in [6, 6.07) is 22.5. The topological polar surface area (TPSA) is 222 Å². The first-order valence-corrected chi connectivity index (χ1v) is 25.4. The Bertz CT molecular complexity index is 4240. The Morgan fingerprint density at radius 3 is 1.54 bits per heavy atom. The van der Waals surface area contributed by atoms with Crippen molar-refractivity contribution in [3.8, 4) is 22.5 Å². The maximum Gasteiger partial charge on any atom is 0.264 e. The number of nitrogens with zero attached hydrogens (tertiary/aromatic N) is 13. The molecule has 0 aliphatic heterocycles. The molecule has 2 saturated carbocycles. The third kappa shape index (κ3) is 8.05. The van der Waals surface area contributed by atoms with E-state index in [-0.39, 0.29) is 45.6 Å². The highest BCUT2D eigenvalue weighted by atomic mass is 19.1. The lowest BCUT2D eigenvalue weighted by molar-refractivity contribution is 0.433. The van der Waals surface area contributed by atoms with Crippen LogP contribution in [0.3, 0.4) is 0 Å². The molecule has 4 N–H and O–H groups in total. The Kier molecular flexibility index (Phi) is 12.1. The predicted octanol–water partition coefficient (Wildman–Crippen LogP) is 10.3. The van der Waals surface area contributed by atoms with Crippen LogP contribution in [0.25, 0.3) is 77.3 Å². The molecule has 17 nitrogen and oxygen atoms in total. The first kappa shape index (κ1) is 48.0. The fraction of sp³-hybridized carbons (Fsp3) is 0.268. The fourth-order valence-corrected chi connectivity index (χ4v) is 11.2. The fourth-order valence-electron chi connectivity index (χ4n) is 11.2. The molecule has 13 rings (SSSR count). The number of benzene rings is 4. The minimum Gasteiger partial charge on any atom is -0.383 e. The lowest BCUT2D eigenvalue weighted by Crippen LogP contribution is -2.31. The van der Waals surface area contributed by atoms with E-state index in [1.165, 1.54) is 30.9 Å². The predicted molar refractivity (Wildman–Crippen MR) is 285 cm³/mol. The van der Waals surface area contributed by atoms with Crippen molar-refractivity contribution in [1.29, 1.82) is 0 Å². The van der Waals surface area contributed by atoms with E-state index >= 15 is 0 Å². The molecule has 2 aliphatic rings. The molecule has 7 heterocycles. The van der Waals surface area contributed by atoms with Crippen LogP contribution in [0.2, 0.25) is 0 Å². The quantitative estimate of drug-likeness (QED) is 0.145. The highest BCUT2D eigenvalue weighted by molar-refractivity contribution is 6.00. The summed E-state index contributed by atoms with van der Waals surface area (Å²) in [5.74, 6) is -0.0452. The molecule has 0 bridgehead atoms. The van der Waals surface area contributed by atoms with Crippen molar-refractivity contribution in [2.75, 3.05) is 11.5 Å². The van der Waals surface area contributed by atoms with Crippen molar-refractivity contribution in [2.24, 2.45) is 0 Å². The molecule has 2 atom stereocenters. The zero-order valence-corrected chi connectivity index (χ0v) is 41.7. The van der Waals surface area contributed by atoms with Gasteiger partial charge in [0.2, 0.25) is 0 Å². The molecule has 2 unspecified atom stereocenters. The van der Waals surface area contributed by atoms with Gasteiger partial charge in [-0.15, -0.1) is 0 Å². The largest absolute Gasteiger partial charge is 0.383 e. The summed E-state index contributed by atoms with van der Waals surface area (Å²) < 4.78 is 50.7. The van der Waals surface area contributed by atoms with Gasteiger partial charge in [-0.2, -0.15) is 10.2 Å². The SMILES string of the molecule is CC(c1nc2cccc(F)c2c(=O)n1C1CCCC1)n1nc(-c2cnc3ccccc3c2)c2c(N)ncnc21.Cc1ccc(-c2nn(C(C)c3nc4cccc(F)c4c(=O)n3C3CCCC3)c3ncnc(N)c23)cc1F. The number of pyridine rings is 1. The van der Waals surface area contributed by atoms with E-state index in [0.29, 0.717) is 67.6 Å². The molecule has 0 radical (unpaired) electrons. The van der Waals surface area contributed by atoms with Crippen LogP contribution in [0.15, 0.2) is 113 Å². The van der Waals surface area contributed by atoms with Gasteiger partial charge in [0, 0.05) is 34.8 Å². The summed E-state index contributed by atoms with van der Waals surface area (Å²) in [5, 5.41) is 11.8. The molecule has 76 heavy (non-hydrogen) atoms. The van der Waals surface area contributed by atoms with Crippen LogP contribution in [0.1, 0.15) is 107 Å². The zero-order chi connectivity index (χ0) is 52.5. The highest BCUT2D eigenvalue weighted by Gasteiger charge is 2.32. The second kappa shape index (κ2) is 19.1. The number of aromatic nitrogens is 13. The first-order valence-electron chi connectivity index (χ1n) is 25.4. The monoisotopic (exact) mass is 1020 g/mol. The number of hydrogen-bond donors (Lipinski definition) is 2. The average Bonchev–Trinajstić information content (AvgIpc) is 4.28. The van der Waals surface area contributed by atoms with Crippen LogP contribution < -0.4 is 22.6 Å². The van der Waals surface area contributed by atoms with Crippen LogP contribution in [-0.4, -0.2) is 63.6 Å². The van der Waals surface area contributed by atoms with E-state index in [2.05, 4.69) is 24.9 Å². The molecule has 20 heteroatoms. The van der Waals surface area contributed by atoms with Crippen LogP contribution in [-0.2, 0) is 0 Å². The molecule has 382 valence electrons. The van der Waals surface area contributed by atoms with Crippen molar-refractivity contribution in [2.45, 2.75) is 96.3 Å². The number of nitrogens with two attached hydrogens (primary N) is 2. The molecular weight excluding hydrogens is 972 g/mol. The number of halogens is 3. The minimum atomic E-state index is -0.588. The third-order valence-electron chi connectivity index (χ3n) is 15.0. The first-order chi connectivity index (χ1) is 36.9. The van der Waals surface area contributed by atoms with Gasteiger partial charge in [-0.3, -0.25) is 23.7 Å². The molecule has 0 amide bonds. The second-order valence-corrected chi connectivity index (χ2v) is 19.7. The molecule has 0 saturated heterocycles. The van der Waals surface area contributed by atoms with Gasteiger partial charge in [-0.25, -0.2) is 52.4 Å². The summed E-state index contributed by atoms with van der Waals surface area (Å²) in [5.41, 5.74) is 17.1. The number of anilines is 2. The number of hydrogen-bond acceptors (Lipinski definition) is 13. The summed E-state index contributed by atoms with van der Waals surface area (Å²) >= 11 is 0. The Morgan fingerprint density at radius 1 is 0.539 bits per heavy atom. The van der Waals surface area contributed by atoms with Gasteiger partial charge in [0.15, 0.2) is 11.3 Å². The van der Waals surface area contributed by atoms with Gasteiger partial charge < -0.3 is 11.5 Å². The van der Waals surface area contributed by atoms with E-state index in [0.717, 1.165) is 67.8 Å². The Labute approximate surface area is 431 Å². The van der Waals surface area contributed by atoms with Gasteiger partial charge in [0.25, 0.3) is 11.1 Å². The van der Waals surface area contributed by atoms with Gasteiger partial charge in [-0.1, -0.05) is 68.1 Å². The number of fused-ring (bicyclic) bond motifs is 5.